The second kappa shape index (κ2) is 7.86. The lowest BCUT2D eigenvalue weighted by Gasteiger charge is -2.32. The first-order valence-corrected chi connectivity index (χ1v) is 8.15. The molecule has 1 aromatic carbocycles. The third-order valence-corrected chi connectivity index (χ3v) is 4.11. The van der Waals surface area contributed by atoms with Crippen molar-refractivity contribution in [3.8, 4) is 5.75 Å². The summed E-state index contributed by atoms with van der Waals surface area (Å²) in [5.74, 6) is 0.825. The Hall–Kier alpha value is -2.50. The summed E-state index contributed by atoms with van der Waals surface area (Å²) in [7, 11) is 0. The molecule has 3 rings (SSSR count). The van der Waals surface area contributed by atoms with Gasteiger partial charge in [-0.3, -0.25) is 0 Å². The number of para-hydroxylation sites is 1. The van der Waals surface area contributed by atoms with E-state index in [9.17, 15) is 9.18 Å². The Morgan fingerprint density at radius 3 is 3.00 bits per heavy atom. The van der Waals surface area contributed by atoms with Gasteiger partial charge in [0.2, 0.25) is 0 Å². The molecule has 0 aliphatic carbocycles. The molecule has 1 unspecified atom stereocenters. The number of furan rings is 1. The average molecular weight is 332 g/mol. The number of rotatable bonds is 5. The maximum atomic E-state index is 13.6. The van der Waals surface area contributed by atoms with Crippen molar-refractivity contribution in [3.63, 3.8) is 0 Å². The molecule has 1 aromatic heterocycles. The average Bonchev–Trinajstić information content (AvgIpc) is 3.13. The maximum absolute atomic E-state index is 13.6. The van der Waals surface area contributed by atoms with Gasteiger partial charge in [-0.25, -0.2) is 9.18 Å². The van der Waals surface area contributed by atoms with Crippen LogP contribution in [0.4, 0.5) is 9.18 Å². The summed E-state index contributed by atoms with van der Waals surface area (Å²) < 4.78 is 24.4. The lowest BCUT2D eigenvalue weighted by molar-refractivity contribution is 0.135. The number of halogens is 1. The van der Waals surface area contributed by atoms with E-state index in [4.69, 9.17) is 9.15 Å². The number of hydrogen-bond acceptors (Lipinski definition) is 3. The fourth-order valence-electron chi connectivity index (χ4n) is 2.84. The first kappa shape index (κ1) is 16.4. The highest BCUT2D eigenvalue weighted by molar-refractivity contribution is 5.74. The lowest BCUT2D eigenvalue weighted by atomic mass is 9.99. The smallest absolute Gasteiger partial charge is 0.317 e. The van der Waals surface area contributed by atoms with Gasteiger partial charge >= 0.3 is 6.03 Å². The second-order valence-electron chi connectivity index (χ2n) is 5.93. The minimum Gasteiger partial charge on any atom is -0.490 e. The highest BCUT2D eigenvalue weighted by Gasteiger charge is 2.24. The van der Waals surface area contributed by atoms with E-state index < -0.39 is 0 Å². The zero-order chi connectivity index (χ0) is 16.8. The molecule has 2 heterocycles. The first-order chi connectivity index (χ1) is 11.7. The molecule has 0 bridgehead atoms. The van der Waals surface area contributed by atoms with Crippen molar-refractivity contribution < 1.29 is 18.3 Å². The Morgan fingerprint density at radius 2 is 2.21 bits per heavy atom. The summed E-state index contributed by atoms with van der Waals surface area (Å²) in [6.07, 6.45) is 3.47. The standard InChI is InChI=1S/C18H21FN2O3/c19-16-7-1-2-8-17(16)24-13-14-5-3-9-21(12-14)18(22)20-11-15-6-4-10-23-15/h1-2,4,6-8,10,14H,3,5,9,11-13H2,(H,20,22). The number of piperidine rings is 1. The van der Waals surface area contributed by atoms with Gasteiger partial charge in [0, 0.05) is 19.0 Å². The van der Waals surface area contributed by atoms with Crippen LogP contribution < -0.4 is 10.1 Å². The van der Waals surface area contributed by atoms with Crippen molar-refractivity contribution in [2.45, 2.75) is 19.4 Å². The number of nitrogens with one attached hydrogen (secondary N) is 1. The van der Waals surface area contributed by atoms with Gasteiger partial charge in [-0.2, -0.15) is 0 Å². The van der Waals surface area contributed by atoms with Gasteiger partial charge in [-0.05, 0) is 37.1 Å². The highest BCUT2D eigenvalue weighted by atomic mass is 19.1. The van der Waals surface area contributed by atoms with Crippen molar-refractivity contribution in [3.05, 3.63) is 54.2 Å². The van der Waals surface area contributed by atoms with Gasteiger partial charge in [-0.15, -0.1) is 0 Å². The fourth-order valence-corrected chi connectivity index (χ4v) is 2.84. The number of benzene rings is 1. The Bertz CT molecular complexity index is 660. The normalized spacial score (nSPS) is 17.5. The molecule has 1 aliphatic heterocycles. The van der Waals surface area contributed by atoms with Crippen LogP contribution in [0.1, 0.15) is 18.6 Å². The number of likely N-dealkylation sites (tertiary alicyclic amines) is 1. The van der Waals surface area contributed by atoms with Gasteiger partial charge in [0.05, 0.1) is 19.4 Å². The summed E-state index contributed by atoms with van der Waals surface area (Å²) in [6, 6.07) is 9.88. The van der Waals surface area contributed by atoms with Gasteiger partial charge in [-0.1, -0.05) is 12.1 Å². The summed E-state index contributed by atoms with van der Waals surface area (Å²) >= 11 is 0. The van der Waals surface area contributed by atoms with E-state index in [1.807, 2.05) is 6.07 Å². The van der Waals surface area contributed by atoms with E-state index in [1.165, 1.54) is 6.07 Å². The van der Waals surface area contributed by atoms with Crippen molar-refractivity contribution in [2.24, 2.45) is 5.92 Å². The topological polar surface area (TPSA) is 54.7 Å². The Morgan fingerprint density at radius 1 is 1.33 bits per heavy atom. The van der Waals surface area contributed by atoms with Gasteiger partial charge in [0.25, 0.3) is 0 Å². The van der Waals surface area contributed by atoms with Crippen molar-refractivity contribution in [1.82, 2.24) is 10.2 Å². The maximum Gasteiger partial charge on any atom is 0.317 e. The van der Waals surface area contributed by atoms with Crippen LogP contribution in [0.5, 0.6) is 5.75 Å². The van der Waals surface area contributed by atoms with E-state index in [0.29, 0.717) is 19.7 Å². The molecule has 6 heteroatoms. The predicted molar refractivity (Wildman–Crippen MR) is 87.1 cm³/mol. The summed E-state index contributed by atoms with van der Waals surface area (Å²) in [4.78, 5) is 14.0. The van der Waals surface area contributed by atoms with E-state index in [0.717, 1.165) is 25.1 Å². The molecular weight excluding hydrogens is 311 g/mol. The molecule has 0 radical (unpaired) electrons. The quantitative estimate of drug-likeness (QED) is 0.913. The largest absolute Gasteiger partial charge is 0.490 e. The lowest BCUT2D eigenvalue weighted by Crippen LogP contribution is -2.46. The zero-order valence-electron chi connectivity index (χ0n) is 13.4. The third-order valence-electron chi connectivity index (χ3n) is 4.11. The molecular formula is C18H21FN2O3. The predicted octanol–water partition coefficient (Wildman–Crippen LogP) is 3.42. The Balaban J connectivity index is 1.47. The molecule has 2 amide bonds. The van der Waals surface area contributed by atoms with Crippen LogP contribution in [-0.2, 0) is 6.54 Å². The summed E-state index contributed by atoms with van der Waals surface area (Å²) in [5.41, 5.74) is 0. The highest BCUT2D eigenvalue weighted by Crippen LogP contribution is 2.20. The van der Waals surface area contributed by atoms with Gasteiger partial charge in [0.15, 0.2) is 11.6 Å². The van der Waals surface area contributed by atoms with Crippen LogP contribution >= 0.6 is 0 Å². The molecule has 1 aliphatic rings. The minimum absolute atomic E-state index is 0.109. The van der Waals surface area contributed by atoms with Crippen LogP contribution in [0.3, 0.4) is 0 Å². The monoisotopic (exact) mass is 332 g/mol. The molecule has 1 N–H and O–H groups in total. The number of hydrogen-bond donors (Lipinski definition) is 1. The molecule has 1 saturated heterocycles. The summed E-state index contributed by atoms with van der Waals surface area (Å²) in [5, 5.41) is 2.85. The Labute approximate surface area is 140 Å². The summed E-state index contributed by atoms with van der Waals surface area (Å²) in [6.45, 7) is 2.11. The molecule has 0 saturated carbocycles. The number of carbonyl (C=O) groups is 1. The molecule has 24 heavy (non-hydrogen) atoms. The van der Waals surface area contributed by atoms with Crippen molar-refractivity contribution >= 4 is 6.03 Å². The molecule has 0 spiro atoms. The van der Waals surface area contributed by atoms with Crippen LogP contribution in [0.25, 0.3) is 0 Å². The van der Waals surface area contributed by atoms with Gasteiger partial charge in [0.1, 0.15) is 5.76 Å². The van der Waals surface area contributed by atoms with Crippen LogP contribution in [0.15, 0.2) is 47.1 Å². The fraction of sp³-hybridized carbons (Fsp3) is 0.389. The SMILES string of the molecule is O=C(NCc1ccco1)N1CCCC(COc2ccccc2F)C1. The van der Waals surface area contributed by atoms with E-state index >= 15 is 0 Å². The molecule has 1 fully saturated rings. The number of carbonyl (C=O) groups excluding carboxylic acids is 1. The number of nitrogens with zero attached hydrogens (tertiary/aromatic N) is 1. The molecule has 128 valence electrons. The molecule has 5 nitrogen and oxygen atoms in total. The van der Waals surface area contributed by atoms with Crippen LogP contribution in [0, 0.1) is 11.7 Å². The number of ether oxygens (including phenoxy) is 1. The van der Waals surface area contributed by atoms with Crippen molar-refractivity contribution in [1.29, 1.82) is 0 Å². The van der Waals surface area contributed by atoms with Crippen LogP contribution in [-0.4, -0.2) is 30.6 Å². The zero-order valence-corrected chi connectivity index (χ0v) is 13.4. The first-order valence-electron chi connectivity index (χ1n) is 8.15. The van der Waals surface area contributed by atoms with Crippen molar-refractivity contribution in [2.75, 3.05) is 19.7 Å². The number of urea groups is 1. The van der Waals surface area contributed by atoms with Gasteiger partial charge < -0.3 is 19.4 Å². The minimum atomic E-state index is -0.360. The number of amides is 2. The second-order valence-corrected chi connectivity index (χ2v) is 5.93. The van der Waals surface area contributed by atoms with Crippen LogP contribution in [0.2, 0.25) is 0 Å². The Kier molecular flexibility index (Phi) is 5.36. The molecule has 1 atom stereocenters. The molecule has 2 aromatic rings. The third kappa shape index (κ3) is 4.28. The van der Waals surface area contributed by atoms with E-state index in [2.05, 4.69) is 5.32 Å². The van der Waals surface area contributed by atoms with E-state index in [-0.39, 0.29) is 23.5 Å². The van der Waals surface area contributed by atoms with E-state index in [1.54, 1.807) is 35.4 Å².